The molecule has 9 nitrogen and oxygen atoms in total. The van der Waals surface area contributed by atoms with Gasteiger partial charge >= 0.3 is 5.91 Å². The fourth-order valence-electron chi connectivity index (χ4n) is 4.34. The van der Waals surface area contributed by atoms with Crippen molar-refractivity contribution in [3.05, 3.63) is 66.0 Å². The van der Waals surface area contributed by atoms with Crippen LogP contribution in [0.25, 0.3) is 22.3 Å². The van der Waals surface area contributed by atoms with Gasteiger partial charge in [0.25, 0.3) is 0 Å². The van der Waals surface area contributed by atoms with Crippen molar-refractivity contribution < 1.29 is 14.1 Å². The molecule has 1 fully saturated rings. The summed E-state index contributed by atoms with van der Waals surface area (Å²) in [6.07, 6.45) is 5.48. The standard InChI is InChI=1S/C25H23N7O2/c33-24(16-31-7-9-34-10-8-31)32-14-18-2-1-17(11-20(18)15-32)25-26-6-5-23(29-25)28-21-3-4-22-19(12-21)13-27-30-22/h1-6,11-14H,7-10,15-16H2,(H,26,29)/p+1. The molecular formula is C25H24N7O2+. The summed E-state index contributed by atoms with van der Waals surface area (Å²) >= 11 is 0. The van der Waals surface area contributed by atoms with Gasteiger partial charge in [-0.25, -0.2) is 14.8 Å². The highest BCUT2D eigenvalue weighted by Gasteiger charge is 2.28. The third kappa shape index (κ3) is 4.18. The lowest BCUT2D eigenvalue weighted by atomic mass is 10.1. The van der Waals surface area contributed by atoms with E-state index in [1.54, 1.807) is 17.0 Å². The summed E-state index contributed by atoms with van der Waals surface area (Å²) in [5.74, 6) is 1.45. The van der Waals surface area contributed by atoms with Gasteiger partial charge in [0, 0.05) is 47.1 Å². The Bertz CT molecular complexity index is 1410. The normalized spacial score (nSPS) is 15.8. The Morgan fingerprint density at radius 1 is 1.15 bits per heavy atom. The second-order valence-electron chi connectivity index (χ2n) is 8.52. The maximum Gasteiger partial charge on any atom is 0.401 e. The molecule has 4 heterocycles. The van der Waals surface area contributed by atoms with Crippen LogP contribution in [0.2, 0.25) is 0 Å². The molecule has 2 aromatic heterocycles. The number of hydrogen-bond donors (Lipinski definition) is 2. The predicted octanol–water partition coefficient (Wildman–Crippen LogP) is 2.57. The molecule has 2 N–H and O–H groups in total. The molecular weight excluding hydrogens is 430 g/mol. The van der Waals surface area contributed by atoms with E-state index in [0.717, 1.165) is 46.4 Å². The van der Waals surface area contributed by atoms with Crippen molar-refractivity contribution in [2.24, 2.45) is 0 Å². The van der Waals surface area contributed by atoms with E-state index in [2.05, 4.69) is 31.5 Å². The number of carbonyl (C=O) groups is 1. The molecule has 0 unspecified atom stereocenters. The van der Waals surface area contributed by atoms with E-state index in [0.29, 0.717) is 37.9 Å². The molecule has 2 aliphatic heterocycles. The summed E-state index contributed by atoms with van der Waals surface area (Å²) < 4.78 is 7.17. The Kier molecular flexibility index (Phi) is 5.32. The number of nitrogens with zero attached hydrogens (tertiary/aromatic N) is 5. The van der Waals surface area contributed by atoms with Crippen LogP contribution >= 0.6 is 0 Å². The molecule has 1 amide bonds. The molecule has 170 valence electrons. The summed E-state index contributed by atoms with van der Waals surface area (Å²) in [5.41, 5.74) is 4.99. The molecule has 0 bridgehead atoms. The van der Waals surface area contributed by atoms with Gasteiger partial charge in [0.1, 0.15) is 12.4 Å². The topological polar surface area (TPSA) is 99.0 Å². The van der Waals surface area contributed by atoms with Gasteiger partial charge in [0.05, 0.1) is 24.9 Å². The monoisotopic (exact) mass is 454 g/mol. The van der Waals surface area contributed by atoms with Crippen LogP contribution in [0.3, 0.4) is 0 Å². The number of aromatic amines is 1. The number of fused-ring (bicyclic) bond motifs is 2. The minimum Gasteiger partial charge on any atom is -0.379 e. The number of benzene rings is 2. The van der Waals surface area contributed by atoms with Gasteiger partial charge in [-0.15, -0.1) is 0 Å². The van der Waals surface area contributed by atoms with Crippen LogP contribution in [0.1, 0.15) is 11.1 Å². The first kappa shape index (κ1) is 20.6. The number of nitrogens with one attached hydrogen (secondary N) is 2. The SMILES string of the molecule is O=C(CN1CCOCC1)[N+]1=Cc2ccc(-c3nccc(Nc4ccc5[nH]ncc5c4)n3)cc2C1. The number of amides is 1. The first-order valence-corrected chi connectivity index (χ1v) is 11.3. The van der Waals surface area contributed by atoms with Gasteiger partial charge in [-0.2, -0.15) is 9.67 Å². The molecule has 2 aromatic carbocycles. The minimum absolute atomic E-state index is 0.108. The summed E-state index contributed by atoms with van der Waals surface area (Å²) in [4.78, 5) is 24.1. The number of H-pyrrole nitrogens is 1. The second-order valence-corrected chi connectivity index (χ2v) is 8.52. The highest BCUT2D eigenvalue weighted by atomic mass is 16.5. The Labute approximate surface area is 196 Å². The Hall–Kier alpha value is -3.95. The van der Waals surface area contributed by atoms with Crippen LogP contribution in [0.15, 0.2) is 54.9 Å². The van der Waals surface area contributed by atoms with Crippen molar-refractivity contribution in [2.45, 2.75) is 6.54 Å². The summed E-state index contributed by atoms with van der Waals surface area (Å²) in [6.45, 7) is 3.96. The molecule has 34 heavy (non-hydrogen) atoms. The summed E-state index contributed by atoms with van der Waals surface area (Å²) in [7, 11) is 0. The average molecular weight is 455 g/mol. The van der Waals surface area contributed by atoms with Crippen LogP contribution in [0.4, 0.5) is 11.5 Å². The third-order valence-electron chi connectivity index (χ3n) is 6.19. The van der Waals surface area contributed by atoms with E-state index in [1.165, 1.54) is 0 Å². The molecule has 0 aliphatic carbocycles. The zero-order valence-electron chi connectivity index (χ0n) is 18.6. The van der Waals surface area contributed by atoms with Gasteiger partial charge in [-0.05, 0) is 36.4 Å². The Morgan fingerprint density at radius 3 is 2.97 bits per heavy atom. The highest BCUT2D eigenvalue weighted by molar-refractivity contribution is 5.87. The number of ether oxygens (including phenoxy) is 1. The zero-order valence-corrected chi connectivity index (χ0v) is 18.6. The van der Waals surface area contributed by atoms with Crippen LogP contribution in [-0.4, -0.2) is 74.6 Å². The summed E-state index contributed by atoms with van der Waals surface area (Å²) in [6, 6.07) is 13.9. The molecule has 0 saturated carbocycles. The van der Waals surface area contributed by atoms with E-state index < -0.39 is 0 Å². The maximum absolute atomic E-state index is 12.8. The number of morpholine rings is 1. The van der Waals surface area contributed by atoms with Gasteiger partial charge in [0.15, 0.2) is 18.6 Å². The van der Waals surface area contributed by atoms with Gasteiger partial charge in [-0.3, -0.25) is 10.00 Å². The van der Waals surface area contributed by atoms with Crippen LogP contribution in [0.5, 0.6) is 0 Å². The average Bonchev–Trinajstić information content (AvgIpc) is 3.51. The zero-order chi connectivity index (χ0) is 22.9. The van der Waals surface area contributed by atoms with Crippen LogP contribution in [0, 0.1) is 0 Å². The first-order chi connectivity index (χ1) is 16.7. The number of anilines is 2. The van der Waals surface area contributed by atoms with Crippen molar-refractivity contribution in [3.8, 4) is 11.4 Å². The first-order valence-electron chi connectivity index (χ1n) is 11.3. The molecule has 0 spiro atoms. The lowest BCUT2D eigenvalue weighted by Crippen LogP contribution is -2.41. The van der Waals surface area contributed by atoms with Gasteiger partial charge in [-0.1, -0.05) is 6.07 Å². The third-order valence-corrected chi connectivity index (χ3v) is 6.19. The molecule has 0 atom stereocenters. The number of hydrogen-bond acceptors (Lipinski definition) is 7. The van der Waals surface area contributed by atoms with E-state index in [1.807, 2.05) is 42.6 Å². The number of aromatic nitrogens is 4. The van der Waals surface area contributed by atoms with Crippen LogP contribution in [-0.2, 0) is 16.1 Å². The largest absolute Gasteiger partial charge is 0.401 e. The lowest BCUT2D eigenvalue weighted by Gasteiger charge is -2.24. The quantitative estimate of drug-likeness (QED) is 0.447. The fourth-order valence-corrected chi connectivity index (χ4v) is 4.34. The molecule has 0 radical (unpaired) electrons. The molecule has 9 heteroatoms. The number of rotatable bonds is 5. The predicted molar refractivity (Wildman–Crippen MR) is 128 cm³/mol. The van der Waals surface area contributed by atoms with E-state index in [4.69, 9.17) is 9.72 Å². The minimum atomic E-state index is 0.108. The van der Waals surface area contributed by atoms with Crippen molar-refractivity contribution in [2.75, 3.05) is 38.2 Å². The van der Waals surface area contributed by atoms with Crippen molar-refractivity contribution in [1.82, 2.24) is 25.1 Å². The maximum atomic E-state index is 12.8. The van der Waals surface area contributed by atoms with E-state index in [-0.39, 0.29) is 5.91 Å². The smallest absolute Gasteiger partial charge is 0.379 e. The van der Waals surface area contributed by atoms with Crippen molar-refractivity contribution in [1.29, 1.82) is 0 Å². The van der Waals surface area contributed by atoms with E-state index in [9.17, 15) is 4.79 Å². The molecule has 1 saturated heterocycles. The molecule has 4 aromatic rings. The Balaban J connectivity index is 1.17. The lowest BCUT2D eigenvalue weighted by molar-refractivity contribution is -0.456. The molecule has 2 aliphatic rings. The van der Waals surface area contributed by atoms with E-state index >= 15 is 0 Å². The van der Waals surface area contributed by atoms with Gasteiger partial charge < -0.3 is 10.1 Å². The van der Waals surface area contributed by atoms with Crippen LogP contribution < -0.4 is 5.32 Å². The highest BCUT2D eigenvalue weighted by Crippen LogP contribution is 2.25. The number of carbonyl (C=O) groups excluding carboxylic acids is 1. The van der Waals surface area contributed by atoms with Gasteiger partial charge in [0.2, 0.25) is 0 Å². The van der Waals surface area contributed by atoms with Crippen molar-refractivity contribution in [3.63, 3.8) is 0 Å². The second kappa shape index (κ2) is 8.77. The molecule has 6 rings (SSSR count). The fraction of sp³-hybridized carbons (Fsp3) is 0.240. The van der Waals surface area contributed by atoms with Crippen molar-refractivity contribution >= 4 is 34.5 Å². The Morgan fingerprint density at radius 2 is 2.06 bits per heavy atom. The summed E-state index contributed by atoms with van der Waals surface area (Å²) in [5, 5.41) is 11.4.